The first kappa shape index (κ1) is 63.1. The first-order valence-electron chi connectivity index (χ1n) is 27.0. The number of hydrogen-bond donors (Lipinski definition) is 3. The first-order chi connectivity index (χ1) is 36.0. The van der Waals surface area contributed by atoms with Gasteiger partial charge >= 0.3 is 17.8 Å². The monoisotopic (exact) mass is 1050 g/mol. The molecule has 4 aromatic carbocycles. The molecule has 0 aliphatic carbocycles. The smallest absolute Gasteiger partial charge is 0.469 e. The maximum absolute atomic E-state index is 12.5. The fourth-order valence-electron chi connectivity index (χ4n) is 9.30. The molecule has 0 saturated carbocycles. The lowest BCUT2D eigenvalue weighted by atomic mass is 9.78. The molecule has 76 heavy (non-hydrogen) atoms. The van der Waals surface area contributed by atoms with Crippen molar-refractivity contribution in [2.75, 3.05) is 47.3 Å². The first-order valence-corrected chi connectivity index (χ1v) is 27.0. The van der Waals surface area contributed by atoms with Crippen molar-refractivity contribution in [2.24, 2.45) is 39.0 Å². The van der Waals surface area contributed by atoms with Crippen molar-refractivity contribution >= 4 is 11.9 Å². The Morgan fingerprint density at radius 2 is 1.13 bits per heavy atom. The third-order valence-corrected chi connectivity index (χ3v) is 13.9. The van der Waals surface area contributed by atoms with Gasteiger partial charge in [-0.05, 0) is 129 Å². The molecule has 0 bridgehead atoms. The van der Waals surface area contributed by atoms with E-state index in [0.717, 1.165) is 61.5 Å². The predicted molar refractivity (Wildman–Crippen MR) is 301 cm³/mol. The van der Waals surface area contributed by atoms with E-state index < -0.39 is 22.6 Å². The van der Waals surface area contributed by atoms with Crippen LogP contribution in [-0.2, 0) is 52.5 Å². The molecule has 0 radical (unpaired) electrons. The lowest BCUT2D eigenvalue weighted by Gasteiger charge is -2.33. The van der Waals surface area contributed by atoms with E-state index in [1.54, 1.807) is 13.8 Å². The van der Waals surface area contributed by atoms with Gasteiger partial charge in [-0.1, -0.05) is 151 Å². The van der Waals surface area contributed by atoms with E-state index >= 15 is 0 Å². The third kappa shape index (κ3) is 21.5. The van der Waals surface area contributed by atoms with Gasteiger partial charge in [0.05, 0.1) is 38.3 Å². The maximum Gasteiger partial charge on any atom is 0.519 e. The Hall–Kier alpha value is -5.41. The van der Waals surface area contributed by atoms with Crippen molar-refractivity contribution in [2.45, 2.75) is 145 Å². The molecule has 1 aromatic heterocycles. The summed E-state index contributed by atoms with van der Waals surface area (Å²) in [5, 5.41) is 9.51. The van der Waals surface area contributed by atoms with Crippen molar-refractivity contribution in [3.8, 4) is 22.3 Å². The summed E-state index contributed by atoms with van der Waals surface area (Å²) in [6, 6.07) is 36.7. The molecule has 3 heterocycles. The van der Waals surface area contributed by atoms with E-state index in [1.807, 2.05) is 43.3 Å². The molecular weight excluding hydrogens is 961 g/mol. The molecule has 2 saturated heterocycles. The zero-order chi connectivity index (χ0) is 55.9. The Morgan fingerprint density at radius 1 is 0.645 bits per heavy atom. The largest absolute Gasteiger partial charge is 0.519 e. The Bertz CT molecular complexity index is 2480. The van der Waals surface area contributed by atoms with Gasteiger partial charge in [0.2, 0.25) is 0 Å². The summed E-state index contributed by atoms with van der Waals surface area (Å²) < 4.78 is 36.4. The summed E-state index contributed by atoms with van der Waals surface area (Å²) in [5.41, 5.74) is 18.4. The van der Waals surface area contributed by atoms with Gasteiger partial charge in [0.25, 0.3) is 0 Å². The van der Waals surface area contributed by atoms with E-state index in [2.05, 4.69) is 114 Å². The highest BCUT2D eigenvalue weighted by Gasteiger charge is 2.38. The predicted octanol–water partition coefficient (Wildman–Crippen LogP) is 11.7. The fourth-order valence-corrected chi connectivity index (χ4v) is 9.30. The highest BCUT2D eigenvalue weighted by molar-refractivity contribution is 5.77. The van der Waals surface area contributed by atoms with Crippen LogP contribution in [0, 0.1) is 34.5 Å². The van der Waals surface area contributed by atoms with Crippen molar-refractivity contribution in [1.82, 2.24) is 0 Å². The topological polar surface area (TPSA) is 196 Å². The molecule has 2 fully saturated rings. The molecule has 13 nitrogen and oxygen atoms in total. The number of benzene rings is 4. The SMILES string of the molecule is CC(C)(C)C1CCCOC1.COC(=O)[C@](C)(CO)C[C@H](N)Cc1ccc(-c2ccccc2)cc1.COC(=O)[C@](C)(COC1CCCCO1)C[C@H](N)Cc1ccc(-c2ccccc2)cc1.Cc1oc(=O)oc1CC(C)(C)C. The van der Waals surface area contributed by atoms with E-state index in [1.165, 1.54) is 43.8 Å². The Kier molecular flexibility index (Phi) is 25.3. The molecule has 6 atom stereocenters. The number of aryl methyl sites for hydroxylation is 1. The fraction of sp³-hybridized carbons (Fsp3) is 0.540. The van der Waals surface area contributed by atoms with E-state index in [-0.39, 0.29) is 43.0 Å². The van der Waals surface area contributed by atoms with Crippen molar-refractivity contribution < 1.29 is 47.2 Å². The second-order valence-corrected chi connectivity index (χ2v) is 23.3. The normalized spacial score (nSPS) is 18.0. The molecule has 418 valence electrons. The molecule has 2 aliphatic heterocycles. The molecule has 5 N–H and O–H groups in total. The van der Waals surface area contributed by atoms with Crippen LogP contribution in [0.15, 0.2) is 123 Å². The Labute approximate surface area is 453 Å². The number of aliphatic hydroxyl groups is 1. The number of hydrogen-bond acceptors (Lipinski definition) is 13. The van der Waals surface area contributed by atoms with Gasteiger partial charge in [0, 0.05) is 38.3 Å². The molecule has 0 amide bonds. The second kappa shape index (κ2) is 30.5. The van der Waals surface area contributed by atoms with Gasteiger partial charge in [0.15, 0.2) is 6.29 Å². The maximum atomic E-state index is 12.5. The number of esters is 2. The average Bonchev–Trinajstić information content (AvgIpc) is 3.72. The third-order valence-electron chi connectivity index (χ3n) is 13.9. The average molecular weight is 1050 g/mol. The molecule has 5 aromatic rings. The summed E-state index contributed by atoms with van der Waals surface area (Å²) in [6.45, 7) is 21.0. The summed E-state index contributed by atoms with van der Waals surface area (Å²) in [5.74, 6) is 0.698. The summed E-state index contributed by atoms with van der Waals surface area (Å²) in [6.07, 6.45) is 8.25. The number of methoxy groups -OCH3 is 2. The van der Waals surface area contributed by atoms with Crippen molar-refractivity contribution in [3.63, 3.8) is 0 Å². The lowest BCUT2D eigenvalue weighted by molar-refractivity contribution is -0.188. The lowest BCUT2D eigenvalue weighted by Crippen LogP contribution is -2.42. The van der Waals surface area contributed by atoms with Crippen LogP contribution in [0.2, 0.25) is 0 Å². The summed E-state index contributed by atoms with van der Waals surface area (Å²) in [4.78, 5) is 35.0. The molecule has 0 spiro atoms. The number of carbonyl (C=O) groups is 2. The van der Waals surface area contributed by atoms with Crippen LogP contribution in [0.3, 0.4) is 0 Å². The molecule has 2 unspecified atom stereocenters. The van der Waals surface area contributed by atoms with Crippen LogP contribution in [0.1, 0.15) is 123 Å². The zero-order valence-corrected chi connectivity index (χ0v) is 47.5. The van der Waals surface area contributed by atoms with Crippen LogP contribution in [0.4, 0.5) is 0 Å². The quantitative estimate of drug-likeness (QED) is 0.0745. The molecule has 2 aliphatic rings. The highest BCUT2D eigenvalue weighted by Crippen LogP contribution is 2.33. The van der Waals surface area contributed by atoms with Gasteiger partial charge in [-0.3, -0.25) is 9.59 Å². The Morgan fingerprint density at radius 3 is 1.51 bits per heavy atom. The zero-order valence-electron chi connectivity index (χ0n) is 47.5. The summed E-state index contributed by atoms with van der Waals surface area (Å²) >= 11 is 0. The van der Waals surface area contributed by atoms with Crippen LogP contribution < -0.4 is 17.3 Å². The minimum Gasteiger partial charge on any atom is -0.469 e. The number of aliphatic hydroxyl groups excluding tert-OH is 1. The minimum atomic E-state index is -0.960. The number of ether oxygens (including phenoxy) is 5. The van der Waals surface area contributed by atoms with Gasteiger partial charge in [-0.15, -0.1) is 0 Å². The Balaban J connectivity index is 0.000000239. The van der Waals surface area contributed by atoms with Gasteiger partial charge in [-0.2, -0.15) is 0 Å². The van der Waals surface area contributed by atoms with Gasteiger partial charge in [0.1, 0.15) is 11.5 Å². The minimum absolute atomic E-state index is 0.116. The number of nitrogens with two attached hydrogens (primary N) is 2. The van der Waals surface area contributed by atoms with Crippen LogP contribution in [-0.4, -0.2) is 82.7 Å². The van der Waals surface area contributed by atoms with E-state index in [9.17, 15) is 19.5 Å². The van der Waals surface area contributed by atoms with Crippen molar-refractivity contribution in [3.05, 3.63) is 142 Å². The van der Waals surface area contributed by atoms with E-state index in [0.29, 0.717) is 49.2 Å². The molecule has 7 rings (SSSR count). The highest BCUT2D eigenvalue weighted by atomic mass is 16.7. The van der Waals surface area contributed by atoms with Crippen LogP contribution in [0.25, 0.3) is 22.3 Å². The molecule has 13 heteroatoms. The van der Waals surface area contributed by atoms with Gasteiger partial charge in [-0.25, -0.2) is 4.79 Å². The molecular formula is C63H90N2O11. The van der Waals surface area contributed by atoms with Crippen LogP contribution >= 0.6 is 0 Å². The number of carbonyl (C=O) groups excluding carboxylic acids is 2. The van der Waals surface area contributed by atoms with E-state index in [4.69, 9.17) is 44.0 Å². The second-order valence-electron chi connectivity index (χ2n) is 23.3. The number of rotatable bonds is 17. The van der Waals surface area contributed by atoms with Crippen molar-refractivity contribution in [1.29, 1.82) is 0 Å². The standard InChI is InChI=1S/C25H33NO4.C20H25NO3.C9H14O3.C9H18O/c1-25(24(27)28-2,18-30-23-10-6-7-15-29-23)17-22(26)16-19-11-13-21(14-12-19)20-8-4-3-5-9-20;1-20(14-22,19(23)24-2)13-18(21)12-15-8-10-17(11-9-15)16-6-4-3-5-7-16;1-6-7(5-9(2,3)4)12-8(10)11-6;1-9(2,3)8-5-4-6-10-7-8/h3-5,8-9,11-14,22-23H,6-7,10,15-18,26H2,1-2H3;3-11,18,22H,12-14,21H2,1-2H3;5H2,1-4H3;8H,4-7H2,1-3H3/t22-,23?,25+;18-,20+;;/m11../s1. The van der Waals surface area contributed by atoms with Gasteiger partial charge < -0.3 is 49.1 Å². The summed E-state index contributed by atoms with van der Waals surface area (Å²) in [7, 11) is 2.73. The van der Waals surface area contributed by atoms with Crippen LogP contribution in [0.5, 0.6) is 0 Å².